The van der Waals surface area contributed by atoms with Gasteiger partial charge in [0.1, 0.15) is 5.82 Å². The minimum absolute atomic E-state index is 0.529. The Morgan fingerprint density at radius 1 is 1.38 bits per heavy atom. The zero-order valence-electron chi connectivity index (χ0n) is 7.40. The minimum atomic E-state index is 0.529. The first kappa shape index (κ1) is 8.10. The van der Waals surface area contributed by atoms with Gasteiger partial charge in [-0.15, -0.1) is 0 Å². The molecule has 3 heteroatoms. The van der Waals surface area contributed by atoms with Gasteiger partial charge in [-0.05, 0) is 18.9 Å². The molecule has 1 aromatic heterocycles. The Morgan fingerprint density at radius 3 is 2.85 bits per heavy atom. The van der Waals surface area contributed by atoms with Crippen molar-refractivity contribution in [2.24, 2.45) is 0 Å². The molecular formula is C10H13N3. The minimum Gasteiger partial charge on any atom is -0.384 e. The Morgan fingerprint density at radius 2 is 2.15 bits per heavy atom. The highest BCUT2D eigenvalue weighted by molar-refractivity contribution is 5.50. The first-order valence-corrected chi connectivity index (χ1v) is 4.47. The first-order valence-electron chi connectivity index (χ1n) is 4.47. The Balaban J connectivity index is 2.01. The molecule has 0 aliphatic heterocycles. The molecule has 0 bridgehead atoms. The second-order valence-corrected chi connectivity index (χ2v) is 3.25. The van der Waals surface area contributed by atoms with E-state index in [1.165, 1.54) is 0 Å². The molecule has 0 atom stereocenters. The molecule has 0 spiro atoms. The van der Waals surface area contributed by atoms with Crippen molar-refractivity contribution in [1.29, 1.82) is 0 Å². The summed E-state index contributed by atoms with van der Waals surface area (Å²) in [5, 5.41) is 3.40. The van der Waals surface area contributed by atoms with Gasteiger partial charge in [-0.25, -0.2) is 4.98 Å². The molecule has 3 N–H and O–H groups in total. The highest BCUT2D eigenvalue weighted by atomic mass is 14.9. The molecule has 0 radical (unpaired) electrons. The molecule has 1 aliphatic rings. The number of nitrogen functional groups attached to an aromatic ring is 1. The van der Waals surface area contributed by atoms with Gasteiger partial charge >= 0.3 is 0 Å². The van der Waals surface area contributed by atoms with Crippen LogP contribution in [0.15, 0.2) is 30.5 Å². The number of hydrogen-bond acceptors (Lipinski definition) is 3. The standard InChI is InChI=1S/C10H13N3/c11-10-7-9(5-6-12-10)13-8-3-1-2-4-8/h1-2,5-8H,3-4H2,(H3,11,12,13). The van der Waals surface area contributed by atoms with E-state index in [1.807, 2.05) is 12.1 Å². The second kappa shape index (κ2) is 3.47. The number of anilines is 2. The monoisotopic (exact) mass is 175 g/mol. The Bertz CT molecular complexity index is 312. The number of pyridine rings is 1. The summed E-state index contributed by atoms with van der Waals surface area (Å²) in [4.78, 5) is 3.94. The maximum Gasteiger partial charge on any atom is 0.125 e. The van der Waals surface area contributed by atoms with Crippen LogP contribution in [-0.2, 0) is 0 Å². The molecule has 68 valence electrons. The highest BCUT2D eigenvalue weighted by Crippen LogP contribution is 2.17. The lowest BCUT2D eigenvalue weighted by atomic mass is 10.2. The van der Waals surface area contributed by atoms with Gasteiger partial charge in [0.2, 0.25) is 0 Å². The molecular weight excluding hydrogens is 162 g/mol. The van der Waals surface area contributed by atoms with Gasteiger partial charge in [0, 0.05) is 24.0 Å². The summed E-state index contributed by atoms with van der Waals surface area (Å²) in [6, 6.07) is 4.33. The lowest BCUT2D eigenvalue weighted by Gasteiger charge is -2.13. The molecule has 1 aromatic rings. The molecule has 13 heavy (non-hydrogen) atoms. The van der Waals surface area contributed by atoms with E-state index in [-0.39, 0.29) is 0 Å². The predicted molar refractivity (Wildman–Crippen MR) is 54.4 cm³/mol. The van der Waals surface area contributed by atoms with Crippen LogP contribution in [0, 0.1) is 0 Å². The molecule has 2 rings (SSSR count). The Kier molecular flexibility index (Phi) is 2.17. The van der Waals surface area contributed by atoms with E-state index in [0.29, 0.717) is 11.9 Å². The van der Waals surface area contributed by atoms with E-state index in [2.05, 4.69) is 22.5 Å². The fraction of sp³-hybridized carbons (Fsp3) is 0.300. The average Bonchev–Trinajstić information content (AvgIpc) is 2.57. The van der Waals surface area contributed by atoms with Crippen molar-refractivity contribution < 1.29 is 0 Å². The molecule has 0 amide bonds. The van der Waals surface area contributed by atoms with Gasteiger partial charge in [0.05, 0.1) is 0 Å². The van der Waals surface area contributed by atoms with Crippen LogP contribution in [-0.4, -0.2) is 11.0 Å². The van der Waals surface area contributed by atoms with Gasteiger partial charge in [-0.3, -0.25) is 0 Å². The van der Waals surface area contributed by atoms with Gasteiger partial charge in [0.25, 0.3) is 0 Å². The lowest BCUT2D eigenvalue weighted by Crippen LogP contribution is -2.15. The maximum absolute atomic E-state index is 5.57. The van der Waals surface area contributed by atoms with Crippen LogP contribution in [0.25, 0.3) is 0 Å². The van der Waals surface area contributed by atoms with Crippen molar-refractivity contribution in [3.63, 3.8) is 0 Å². The summed E-state index contributed by atoms with van der Waals surface area (Å²) in [6.45, 7) is 0. The molecule has 3 nitrogen and oxygen atoms in total. The van der Waals surface area contributed by atoms with Crippen LogP contribution < -0.4 is 11.1 Å². The zero-order valence-corrected chi connectivity index (χ0v) is 7.40. The fourth-order valence-electron chi connectivity index (χ4n) is 1.51. The summed E-state index contributed by atoms with van der Waals surface area (Å²) in [6.07, 6.45) is 8.31. The van der Waals surface area contributed by atoms with Gasteiger partial charge in [0.15, 0.2) is 0 Å². The maximum atomic E-state index is 5.57. The molecule has 0 saturated heterocycles. The third-order valence-corrected chi connectivity index (χ3v) is 2.16. The summed E-state index contributed by atoms with van der Waals surface area (Å²) >= 11 is 0. The largest absolute Gasteiger partial charge is 0.384 e. The van der Waals surface area contributed by atoms with E-state index >= 15 is 0 Å². The van der Waals surface area contributed by atoms with E-state index in [9.17, 15) is 0 Å². The smallest absolute Gasteiger partial charge is 0.125 e. The Labute approximate surface area is 77.7 Å². The van der Waals surface area contributed by atoms with Crippen LogP contribution in [0.1, 0.15) is 12.8 Å². The molecule has 1 heterocycles. The molecule has 0 unspecified atom stereocenters. The molecule has 1 aliphatic carbocycles. The van der Waals surface area contributed by atoms with Crippen LogP contribution in [0.4, 0.5) is 11.5 Å². The molecule has 0 aromatic carbocycles. The SMILES string of the molecule is Nc1cc(NC2CC=CC2)ccn1. The van der Waals surface area contributed by atoms with Crippen molar-refractivity contribution in [3.05, 3.63) is 30.5 Å². The molecule has 0 saturated carbocycles. The van der Waals surface area contributed by atoms with Crippen molar-refractivity contribution in [2.75, 3.05) is 11.1 Å². The number of nitrogens with two attached hydrogens (primary N) is 1. The fourth-order valence-corrected chi connectivity index (χ4v) is 1.51. The quantitative estimate of drug-likeness (QED) is 0.674. The number of hydrogen-bond donors (Lipinski definition) is 2. The summed E-state index contributed by atoms with van der Waals surface area (Å²) in [5.41, 5.74) is 6.62. The lowest BCUT2D eigenvalue weighted by molar-refractivity contribution is 0.786. The van der Waals surface area contributed by atoms with E-state index in [4.69, 9.17) is 5.73 Å². The third kappa shape index (κ3) is 1.99. The predicted octanol–water partition coefficient (Wildman–Crippen LogP) is 1.79. The van der Waals surface area contributed by atoms with Gasteiger partial charge < -0.3 is 11.1 Å². The zero-order chi connectivity index (χ0) is 9.10. The second-order valence-electron chi connectivity index (χ2n) is 3.25. The summed E-state index contributed by atoms with van der Waals surface area (Å²) < 4.78 is 0. The number of aromatic nitrogens is 1. The average molecular weight is 175 g/mol. The van der Waals surface area contributed by atoms with Crippen molar-refractivity contribution in [1.82, 2.24) is 4.98 Å². The highest BCUT2D eigenvalue weighted by Gasteiger charge is 2.09. The van der Waals surface area contributed by atoms with Crippen molar-refractivity contribution in [3.8, 4) is 0 Å². The van der Waals surface area contributed by atoms with Crippen LogP contribution in [0.3, 0.4) is 0 Å². The van der Waals surface area contributed by atoms with Crippen molar-refractivity contribution >= 4 is 11.5 Å². The van der Waals surface area contributed by atoms with E-state index in [0.717, 1.165) is 18.5 Å². The topological polar surface area (TPSA) is 50.9 Å². The van der Waals surface area contributed by atoms with Gasteiger partial charge in [-0.1, -0.05) is 12.2 Å². The summed E-state index contributed by atoms with van der Waals surface area (Å²) in [7, 11) is 0. The van der Waals surface area contributed by atoms with Crippen LogP contribution in [0.2, 0.25) is 0 Å². The number of rotatable bonds is 2. The first-order chi connectivity index (χ1) is 6.34. The van der Waals surface area contributed by atoms with E-state index < -0.39 is 0 Å². The van der Waals surface area contributed by atoms with Crippen LogP contribution in [0.5, 0.6) is 0 Å². The van der Waals surface area contributed by atoms with Gasteiger partial charge in [-0.2, -0.15) is 0 Å². The molecule has 0 fully saturated rings. The van der Waals surface area contributed by atoms with E-state index in [1.54, 1.807) is 6.20 Å². The van der Waals surface area contributed by atoms with Crippen LogP contribution >= 0.6 is 0 Å². The summed E-state index contributed by atoms with van der Waals surface area (Å²) in [5.74, 6) is 0.566. The Hall–Kier alpha value is -1.51. The van der Waals surface area contributed by atoms with Crippen molar-refractivity contribution in [2.45, 2.75) is 18.9 Å². The number of nitrogens with zero attached hydrogens (tertiary/aromatic N) is 1. The normalized spacial score (nSPS) is 16.3. The third-order valence-electron chi connectivity index (χ3n) is 2.16. The number of nitrogens with one attached hydrogen (secondary N) is 1.